The fraction of sp³-hybridized carbons (Fsp3) is 0.462. The minimum absolute atomic E-state index is 0.122. The van der Waals surface area contributed by atoms with Gasteiger partial charge >= 0.3 is 0 Å². The molecule has 0 radical (unpaired) electrons. The summed E-state index contributed by atoms with van der Waals surface area (Å²) in [6.07, 6.45) is -3.27. The molecule has 122 valence electrons. The molecule has 0 spiro atoms. The summed E-state index contributed by atoms with van der Waals surface area (Å²) in [5.41, 5.74) is 11.6. The minimum Gasteiger partial charge on any atom is -0.389 e. The van der Waals surface area contributed by atoms with Crippen molar-refractivity contribution in [3.8, 4) is 6.07 Å². The van der Waals surface area contributed by atoms with Crippen LogP contribution in [0.5, 0.6) is 0 Å². The molecule has 0 saturated carbocycles. The first kappa shape index (κ1) is 15.6. The summed E-state index contributed by atoms with van der Waals surface area (Å²) in [7, 11) is 0. The smallest absolute Gasteiger partial charge is 0.164 e. The van der Waals surface area contributed by atoms with Crippen molar-refractivity contribution < 1.29 is 20.1 Å². The van der Waals surface area contributed by atoms with E-state index in [2.05, 4.69) is 9.97 Å². The maximum atomic E-state index is 10.2. The zero-order valence-electron chi connectivity index (χ0n) is 11.9. The summed E-state index contributed by atoms with van der Waals surface area (Å²) in [4.78, 5) is 7.90. The number of nitriles is 1. The van der Waals surface area contributed by atoms with E-state index in [1.165, 1.54) is 17.1 Å². The van der Waals surface area contributed by atoms with Gasteiger partial charge in [-0.25, -0.2) is 9.97 Å². The van der Waals surface area contributed by atoms with E-state index in [-0.39, 0.29) is 23.6 Å². The minimum atomic E-state index is -1.33. The molecule has 1 unspecified atom stereocenters. The van der Waals surface area contributed by atoms with Crippen LogP contribution >= 0.6 is 0 Å². The summed E-state index contributed by atoms with van der Waals surface area (Å²) >= 11 is 0. The van der Waals surface area contributed by atoms with Crippen molar-refractivity contribution in [3.05, 3.63) is 18.1 Å². The number of nitrogens with zero attached hydrogens (tertiary/aromatic N) is 4. The third-order valence-electron chi connectivity index (χ3n) is 3.93. The van der Waals surface area contributed by atoms with Crippen LogP contribution in [-0.2, 0) is 4.74 Å². The van der Waals surface area contributed by atoms with Crippen LogP contribution in [0.1, 0.15) is 11.8 Å². The lowest BCUT2D eigenvalue weighted by molar-refractivity contribution is -0.0801. The van der Waals surface area contributed by atoms with Crippen LogP contribution in [0.4, 0.5) is 5.82 Å². The maximum Gasteiger partial charge on any atom is 0.164 e. The van der Waals surface area contributed by atoms with Crippen molar-refractivity contribution >= 4 is 16.9 Å². The van der Waals surface area contributed by atoms with Gasteiger partial charge in [-0.05, 0) is 0 Å². The van der Waals surface area contributed by atoms with Gasteiger partial charge in [-0.2, -0.15) is 5.26 Å². The second kappa shape index (κ2) is 5.73. The average Bonchev–Trinajstić information content (AvgIpc) is 3.07. The number of hydrogen-bond donors (Lipinski definition) is 5. The molecule has 5 atom stereocenters. The lowest BCUT2D eigenvalue weighted by Gasteiger charge is -2.19. The molecule has 1 fully saturated rings. The summed E-state index contributed by atoms with van der Waals surface area (Å²) in [6.45, 7) is -0.133. The number of aromatic nitrogens is 3. The number of rotatable bonds is 3. The normalized spacial score (nSPS) is 28.8. The van der Waals surface area contributed by atoms with Gasteiger partial charge in [0.05, 0.1) is 17.1 Å². The highest BCUT2D eigenvalue weighted by molar-refractivity contribution is 5.91. The molecule has 0 bridgehead atoms. The molecule has 10 nitrogen and oxygen atoms in total. The van der Waals surface area contributed by atoms with E-state index in [0.29, 0.717) is 5.39 Å². The van der Waals surface area contributed by atoms with Crippen molar-refractivity contribution in [2.24, 2.45) is 5.73 Å². The molecule has 0 aliphatic carbocycles. The molecule has 10 heteroatoms. The van der Waals surface area contributed by atoms with Crippen molar-refractivity contribution in [2.45, 2.75) is 30.6 Å². The molecule has 1 saturated heterocycles. The third kappa shape index (κ3) is 2.31. The fourth-order valence-electron chi connectivity index (χ4n) is 2.75. The number of anilines is 1. The van der Waals surface area contributed by atoms with Gasteiger partial charge in [0.15, 0.2) is 6.23 Å². The molecule has 1 aliphatic heterocycles. The highest BCUT2D eigenvalue weighted by Gasteiger charge is 2.47. The van der Waals surface area contributed by atoms with Crippen LogP contribution in [0, 0.1) is 11.3 Å². The van der Waals surface area contributed by atoms with Gasteiger partial charge in [0.1, 0.15) is 42.2 Å². The molecule has 3 heterocycles. The van der Waals surface area contributed by atoms with Crippen molar-refractivity contribution in [1.82, 2.24) is 14.5 Å². The van der Waals surface area contributed by atoms with Crippen LogP contribution in [0.15, 0.2) is 12.5 Å². The van der Waals surface area contributed by atoms with Crippen LogP contribution in [0.25, 0.3) is 11.0 Å². The first-order valence-corrected chi connectivity index (χ1v) is 6.90. The van der Waals surface area contributed by atoms with Gasteiger partial charge in [0.2, 0.25) is 0 Å². The Morgan fingerprint density at radius 1 is 1.39 bits per heavy atom. The van der Waals surface area contributed by atoms with Gasteiger partial charge in [0.25, 0.3) is 0 Å². The largest absolute Gasteiger partial charge is 0.389 e. The summed E-state index contributed by atoms with van der Waals surface area (Å²) in [6, 6.07) is 1.98. The van der Waals surface area contributed by atoms with Crippen LogP contribution < -0.4 is 11.5 Å². The topological polar surface area (TPSA) is 176 Å². The van der Waals surface area contributed by atoms with Crippen molar-refractivity contribution in [2.75, 3.05) is 12.3 Å². The Labute approximate surface area is 130 Å². The third-order valence-corrected chi connectivity index (χ3v) is 3.93. The molecule has 23 heavy (non-hydrogen) atoms. The van der Waals surface area contributed by atoms with Gasteiger partial charge in [-0.1, -0.05) is 0 Å². The molecule has 2 aromatic rings. The number of nitrogens with two attached hydrogens (primary N) is 2. The molecule has 0 aromatic carbocycles. The molecule has 3 rings (SSSR count). The standard InChI is InChI=1S/C13H16N6O4/c14-1-5-3-19(12-7(5)11(16)17-4-18-12)13-9(22)8(21)10(23-13)6(20)2-15/h3-4,6,8-10,13,20-22H,2,15H2,(H2,16,17,18)/t6?,8-,9-,10-,13-/m1/s1. The van der Waals surface area contributed by atoms with Gasteiger partial charge in [-0.15, -0.1) is 0 Å². The summed E-state index contributed by atoms with van der Waals surface area (Å²) in [5.74, 6) is 0.122. The maximum absolute atomic E-state index is 10.2. The Balaban J connectivity index is 2.08. The average molecular weight is 320 g/mol. The molecule has 0 amide bonds. The lowest BCUT2D eigenvalue weighted by Crippen LogP contribution is -2.42. The van der Waals surface area contributed by atoms with Gasteiger partial charge < -0.3 is 36.1 Å². The second-order valence-electron chi connectivity index (χ2n) is 5.29. The van der Waals surface area contributed by atoms with E-state index in [1.807, 2.05) is 6.07 Å². The van der Waals surface area contributed by atoms with E-state index in [9.17, 15) is 20.6 Å². The number of ether oxygens (including phenoxy) is 1. The highest BCUT2D eigenvalue weighted by Crippen LogP contribution is 2.35. The van der Waals surface area contributed by atoms with E-state index < -0.39 is 30.6 Å². The van der Waals surface area contributed by atoms with Crippen molar-refractivity contribution in [1.29, 1.82) is 5.26 Å². The monoisotopic (exact) mass is 320 g/mol. The highest BCUT2D eigenvalue weighted by atomic mass is 16.6. The lowest BCUT2D eigenvalue weighted by atomic mass is 10.1. The van der Waals surface area contributed by atoms with E-state index in [1.54, 1.807) is 0 Å². The quantitative estimate of drug-likeness (QED) is 0.421. The van der Waals surface area contributed by atoms with E-state index in [0.717, 1.165) is 0 Å². The first-order valence-electron chi connectivity index (χ1n) is 6.90. The SMILES string of the molecule is N#Cc1cn([C@@H]2O[C@H](C(O)CN)[C@H](O)[C@H]2O)c2ncnc(N)c12. The molecule has 1 aliphatic rings. The Kier molecular flexibility index (Phi) is 3.88. The Morgan fingerprint density at radius 3 is 2.78 bits per heavy atom. The Bertz CT molecular complexity index is 772. The zero-order valence-corrected chi connectivity index (χ0v) is 11.9. The molecule has 7 N–H and O–H groups in total. The number of fused-ring (bicyclic) bond motifs is 1. The van der Waals surface area contributed by atoms with Crippen LogP contribution in [0.2, 0.25) is 0 Å². The van der Waals surface area contributed by atoms with Gasteiger partial charge in [-0.3, -0.25) is 0 Å². The van der Waals surface area contributed by atoms with Crippen molar-refractivity contribution in [3.63, 3.8) is 0 Å². The van der Waals surface area contributed by atoms with E-state index in [4.69, 9.17) is 16.2 Å². The van der Waals surface area contributed by atoms with Gasteiger partial charge in [0, 0.05) is 12.7 Å². The number of hydrogen-bond acceptors (Lipinski definition) is 9. The fourth-order valence-corrected chi connectivity index (χ4v) is 2.75. The summed E-state index contributed by atoms with van der Waals surface area (Å²) in [5, 5.41) is 39.6. The Hall–Kier alpha value is -2.29. The molecule has 2 aromatic heterocycles. The number of nitrogen functional groups attached to an aromatic ring is 1. The molecular formula is C13H16N6O4. The van der Waals surface area contributed by atoms with Crippen LogP contribution in [-0.4, -0.2) is 60.8 Å². The number of aliphatic hydroxyl groups is 3. The van der Waals surface area contributed by atoms with Crippen LogP contribution in [0.3, 0.4) is 0 Å². The summed E-state index contributed by atoms with van der Waals surface area (Å²) < 4.78 is 6.94. The Morgan fingerprint density at radius 2 is 2.13 bits per heavy atom. The predicted octanol–water partition coefficient (Wildman–Crippen LogP) is -2.18. The first-order chi connectivity index (χ1) is 11.0. The molecular weight excluding hydrogens is 304 g/mol. The zero-order chi connectivity index (χ0) is 16.7. The second-order valence-corrected chi connectivity index (χ2v) is 5.29. The number of aliphatic hydroxyl groups excluding tert-OH is 3. The van der Waals surface area contributed by atoms with E-state index >= 15 is 0 Å². The predicted molar refractivity (Wildman–Crippen MR) is 77.6 cm³/mol.